The van der Waals surface area contributed by atoms with E-state index in [9.17, 15) is 14.4 Å². The molecule has 2 aromatic rings. The highest BCUT2D eigenvalue weighted by Gasteiger charge is 2.32. The third-order valence-electron chi connectivity index (χ3n) is 6.48. The summed E-state index contributed by atoms with van der Waals surface area (Å²) in [5, 5.41) is 9.57. The molecule has 0 bridgehead atoms. The number of anilines is 2. The molecule has 1 saturated heterocycles. The molecular formula is C30H47N7O5S. The number of hydrogen-bond donors (Lipinski definition) is 3. The Labute approximate surface area is 258 Å². The number of amides is 3. The highest BCUT2D eigenvalue weighted by atomic mass is 32.1. The number of aromatic nitrogens is 3. The first-order valence-electron chi connectivity index (χ1n) is 14.9. The van der Waals surface area contributed by atoms with Crippen molar-refractivity contribution in [3.63, 3.8) is 0 Å². The van der Waals surface area contributed by atoms with Gasteiger partial charge in [0.05, 0.1) is 0 Å². The average molecular weight is 618 g/mol. The number of unbranched alkanes of at least 4 members (excludes halogenated alkanes) is 1. The topological polar surface area (TPSA) is 148 Å². The largest absolute Gasteiger partial charge is 0.444 e. The van der Waals surface area contributed by atoms with Crippen molar-refractivity contribution < 1.29 is 23.9 Å². The van der Waals surface area contributed by atoms with E-state index in [0.717, 1.165) is 21.5 Å². The van der Waals surface area contributed by atoms with E-state index in [1.165, 1.54) is 0 Å². The standard InChI is InChI=1S/C30H47N7O5S/c1-19-17-23(36-26-32-18-20(2)43-26)35-24(33-19)21-12-15-37(16-13-21)25(38)22(34-28(40)42-30(6,7)8)11-9-10-14-31-27(39)41-29(3,4)5/h17-18,21-22H,9-16H2,1-8H3,(H,31,39)(H,34,40)(H,32,33,35,36)/t22-/m0/s1. The summed E-state index contributed by atoms with van der Waals surface area (Å²) in [5.74, 6) is 1.43. The molecule has 0 spiro atoms. The molecule has 13 heteroatoms. The Bertz CT molecular complexity index is 1250. The summed E-state index contributed by atoms with van der Waals surface area (Å²) in [6, 6.07) is 1.16. The third kappa shape index (κ3) is 12.0. The summed E-state index contributed by atoms with van der Waals surface area (Å²) in [7, 11) is 0. The maximum absolute atomic E-state index is 13.6. The molecule has 43 heavy (non-hydrogen) atoms. The molecule has 1 atom stereocenters. The molecule has 2 aromatic heterocycles. The SMILES string of the molecule is Cc1cc(Nc2ncc(C)s2)nc(C2CCN(C(=O)[C@H](CCCCNC(=O)OC(C)(C)C)NC(=O)OC(C)(C)C)CC2)n1. The Hall–Kier alpha value is -3.48. The van der Waals surface area contributed by atoms with E-state index >= 15 is 0 Å². The number of alkyl carbamates (subject to hydrolysis) is 2. The van der Waals surface area contributed by atoms with Gasteiger partial charge in [0.25, 0.3) is 0 Å². The lowest BCUT2D eigenvalue weighted by atomic mass is 9.95. The number of nitrogens with one attached hydrogen (secondary N) is 3. The fourth-order valence-electron chi connectivity index (χ4n) is 4.62. The van der Waals surface area contributed by atoms with Crippen LogP contribution in [0.5, 0.6) is 0 Å². The quantitative estimate of drug-likeness (QED) is 0.290. The summed E-state index contributed by atoms with van der Waals surface area (Å²) in [6.07, 6.45) is 3.80. The minimum absolute atomic E-state index is 0.110. The maximum Gasteiger partial charge on any atom is 0.408 e. The Balaban J connectivity index is 1.58. The Kier molecular flexibility index (Phi) is 11.7. The van der Waals surface area contributed by atoms with Crippen molar-refractivity contribution in [1.82, 2.24) is 30.5 Å². The fourth-order valence-corrected chi connectivity index (χ4v) is 5.30. The van der Waals surface area contributed by atoms with Crippen LogP contribution in [0.3, 0.4) is 0 Å². The summed E-state index contributed by atoms with van der Waals surface area (Å²) in [5.41, 5.74) is -0.396. The van der Waals surface area contributed by atoms with E-state index in [-0.39, 0.29) is 11.8 Å². The molecule has 3 rings (SSSR count). The first kappa shape index (κ1) is 34.0. The van der Waals surface area contributed by atoms with Crippen LogP contribution in [0.2, 0.25) is 0 Å². The summed E-state index contributed by atoms with van der Waals surface area (Å²) in [6.45, 7) is 16.2. The van der Waals surface area contributed by atoms with Crippen molar-refractivity contribution in [3.05, 3.63) is 28.7 Å². The minimum Gasteiger partial charge on any atom is -0.444 e. The molecule has 1 aliphatic rings. The molecule has 238 valence electrons. The van der Waals surface area contributed by atoms with Crippen molar-refractivity contribution in [2.24, 2.45) is 0 Å². The first-order valence-corrected chi connectivity index (χ1v) is 15.7. The molecule has 3 amide bonds. The van der Waals surface area contributed by atoms with Crippen LogP contribution in [0.15, 0.2) is 12.3 Å². The fraction of sp³-hybridized carbons (Fsp3) is 0.667. The minimum atomic E-state index is -0.735. The van der Waals surface area contributed by atoms with E-state index < -0.39 is 29.4 Å². The van der Waals surface area contributed by atoms with Gasteiger partial charge in [-0.05, 0) is 87.5 Å². The highest BCUT2D eigenvalue weighted by molar-refractivity contribution is 7.15. The van der Waals surface area contributed by atoms with Crippen LogP contribution in [0, 0.1) is 13.8 Å². The lowest BCUT2D eigenvalue weighted by molar-refractivity contribution is -0.134. The number of hydrogen-bond acceptors (Lipinski definition) is 10. The van der Waals surface area contributed by atoms with Gasteiger partial charge in [-0.25, -0.2) is 24.5 Å². The van der Waals surface area contributed by atoms with Gasteiger partial charge in [-0.15, -0.1) is 11.3 Å². The molecule has 3 heterocycles. The van der Waals surface area contributed by atoms with Gasteiger partial charge in [-0.3, -0.25) is 4.79 Å². The van der Waals surface area contributed by atoms with Crippen molar-refractivity contribution >= 4 is 40.4 Å². The van der Waals surface area contributed by atoms with Crippen LogP contribution < -0.4 is 16.0 Å². The normalized spacial score (nSPS) is 15.0. The summed E-state index contributed by atoms with van der Waals surface area (Å²) >= 11 is 1.56. The Morgan fingerprint density at radius 1 is 1.00 bits per heavy atom. The Morgan fingerprint density at radius 2 is 1.65 bits per heavy atom. The van der Waals surface area contributed by atoms with Crippen molar-refractivity contribution in [2.45, 2.75) is 111 Å². The summed E-state index contributed by atoms with van der Waals surface area (Å²) < 4.78 is 10.7. The number of thiazole rings is 1. The van der Waals surface area contributed by atoms with E-state index in [1.54, 1.807) is 57.8 Å². The van der Waals surface area contributed by atoms with Gasteiger partial charge in [-0.1, -0.05) is 0 Å². The van der Waals surface area contributed by atoms with E-state index in [1.807, 2.05) is 26.1 Å². The van der Waals surface area contributed by atoms with Crippen LogP contribution >= 0.6 is 11.3 Å². The lowest BCUT2D eigenvalue weighted by Gasteiger charge is -2.34. The molecular weight excluding hydrogens is 570 g/mol. The van der Waals surface area contributed by atoms with Gasteiger partial charge < -0.3 is 30.3 Å². The van der Waals surface area contributed by atoms with Crippen molar-refractivity contribution in [2.75, 3.05) is 25.0 Å². The zero-order valence-electron chi connectivity index (χ0n) is 26.7. The van der Waals surface area contributed by atoms with Crippen molar-refractivity contribution in [3.8, 4) is 0 Å². The second-order valence-electron chi connectivity index (χ2n) is 12.9. The zero-order chi connectivity index (χ0) is 31.8. The van der Waals surface area contributed by atoms with Crippen LogP contribution in [-0.2, 0) is 14.3 Å². The smallest absolute Gasteiger partial charge is 0.408 e. The summed E-state index contributed by atoms with van der Waals surface area (Å²) in [4.78, 5) is 54.8. The van der Waals surface area contributed by atoms with Gasteiger partial charge in [0.15, 0.2) is 5.13 Å². The van der Waals surface area contributed by atoms with Crippen molar-refractivity contribution in [1.29, 1.82) is 0 Å². The number of ether oxygens (including phenoxy) is 2. The van der Waals surface area contributed by atoms with Gasteiger partial charge >= 0.3 is 12.2 Å². The number of rotatable bonds is 10. The molecule has 0 saturated carbocycles. The number of aryl methyl sites for hydroxylation is 2. The van der Waals surface area contributed by atoms with Crippen LogP contribution in [-0.4, -0.2) is 74.8 Å². The number of piperidine rings is 1. The van der Waals surface area contributed by atoms with Crippen LogP contribution in [0.1, 0.15) is 96.0 Å². The first-order chi connectivity index (χ1) is 20.1. The van der Waals surface area contributed by atoms with Gasteiger partial charge in [0.1, 0.15) is 28.9 Å². The number of carbonyl (C=O) groups is 3. The van der Waals surface area contributed by atoms with Crippen LogP contribution in [0.4, 0.5) is 20.5 Å². The van der Waals surface area contributed by atoms with Gasteiger partial charge in [0, 0.05) is 48.4 Å². The predicted octanol–water partition coefficient (Wildman–Crippen LogP) is 5.59. The van der Waals surface area contributed by atoms with E-state index in [2.05, 4.69) is 25.9 Å². The average Bonchev–Trinajstić information content (AvgIpc) is 3.29. The molecule has 0 unspecified atom stereocenters. The van der Waals surface area contributed by atoms with Gasteiger partial charge in [0.2, 0.25) is 5.91 Å². The van der Waals surface area contributed by atoms with E-state index in [4.69, 9.17) is 14.5 Å². The predicted molar refractivity (Wildman–Crippen MR) is 167 cm³/mol. The number of carbonyl (C=O) groups excluding carboxylic acids is 3. The lowest BCUT2D eigenvalue weighted by Crippen LogP contribution is -2.51. The number of nitrogens with zero attached hydrogens (tertiary/aromatic N) is 4. The molecule has 0 radical (unpaired) electrons. The second-order valence-corrected chi connectivity index (χ2v) is 14.1. The Morgan fingerprint density at radius 3 is 2.26 bits per heavy atom. The van der Waals surface area contributed by atoms with Crippen LogP contribution in [0.25, 0.3) is 0 Å². The highest BCUT2D eigenvalue weighted by Crippen LogP contribution is 2.28. The molecule has 12 nitrogen and oxygen atoms in total. The third-order valence-corrected chi connectivity index (χ3v) is 7.30. The monoisotopic (exact) mass is 617 g/mol. The maximum atomic E-state index is 13.6. The molecule has 1 aliphatic heterocycles. The van der Waals surface area contributed by atoms with E-state index in [0.29, 0.717) is 57.6 Å². The zero-order valence-corrected chi connectivity index (χ0v) is 27.5. The molecule has 3 N–H and O–H groups in total. The molecule has 1 fully saturated rings. The van der Waals surface area contributed by atoms with Gasteiger partial charge in [-0.2, -0.15) is 0 Å². The second kappa shape index (κ2) is 14.8. The molecule has 0 aromatic carbocycles. The molecule has 0 aliphatic carbocycles. The number of likely N-dealkylation sites (tertiary alicyclic amines) is 1.